The quantitative estimate of drug-likeness (QED) is 0.535. The lowest BCUT2D eigenvalue weighted by Crippen LogP contribution is -2.31. The van der Waals surface area contributed by atoms with E-state index in [-0.39, 0.29) is 5.92 Å². The third-order valence-corrected chi connectivity index (χ3v) is 2.63. The van der Waals surface area contributed by atoms with Gasteiger partial charge in [-0.05, 0) is 18.8 Å². The molecule has 14 heavy (non-hydrogen) atoms. The SMILES string of the molecule is CCCCCCCC(CCC)C(=O)[O-]. The molecule has 0 aliphatic rings. The topological polar surface area (TPSA) is 40.1 Å². The molecular formula is C12H23O2-. The first kappa shape index (κ1) is 13.5. The van der Waals surface area contributed by atoms with Gasteiger partial charge < -0.3 is 9.90 Å². The number of carboxylic acids is 1. The first-order chi connectivity index (χ1) is 6.72. The fourth-order valence-corrected chi connectivity index (χ4v) is 1.72. The van der Waals surface area contributed by atoms with Gasteiger partial charge in [-0.3, -0.25) is 0 Å². The van der Waals surface area contributed by atoms with E-state index in [1.165, 1.54) is 25.7 Å². The number of carbonyl (C=O) groups is 1. The van der Waals surface area contributed by atoms with E-state index in [0.29, 0.717) is 0 Å². The number of carboxylic acid groups (broad SMARTS) is 1. The molecule has 0 saturated heterocycles. The van der Waals surface area contributed by atoms with E-state index in [0.717, 1.165) is 25.7 Å². The van der Waals surface area contributed by atoms with Crippen LogP contribution in [-0.2, 0) is 4.79 Å². The molecule has 1 atom stereocenters. The summed E-state index contributed by atoms with van der Waals surface area (Å²) in [7, 11) is 0. The minimum absolute atomic E-state index is 0.207. The molecule has 0 amide bonds. The van der Waals surface area contributed by atoms with Crippen LogP contribution in [0.2, 0.25) is 0 Å². The maximum atomic E-state index is 10.7. The number of hydrogen-bond donors (Lipinski definition) is 0. The summed E-state index contributed by atoms with van der Waals surface area (Å²) in [5, 5.41) is 10.7. The highest BCUT2D eigenvalue weighted by Gasteiger charge is 2.07. The van der Waals surface area contributed by atoms with Gasteiger partial charge in [-0.1, -0.05) is 52.4 Å². The standard InChI is InChI=1S/C12H24O2/c1-3-5-6-7-8-10-11(9-4-2)12(13)14/h11H,3-10H2,1-2H3,(H,13,14)/p-1. The molecule has 0 aromatic heterocycles. The van der Waals surface area contributed by atoms with E-state index in [1.54, 1.807) is 0 Å². The van der Waals surface area contributed by atoms with Gasteiger partial charge in [0.15, 0.2) is 0 Å². The van der Waals surface area contributed by atoms with Crippen molar-refractivity contribution in [3.8, 4) is 0 Å². The van der Waals surface area contributed by atoms with Crippen molar-refractivity contribution in [1.29, 1.82) is 0 Å². The van der Waals surface area contributed by atoms with Crippen molar-refractivity contribution in [1.82, 2.24) is 0 Å². The van der Waals surface area contributed by atoms with E-state index in [4.69, 9.17) is 0 Å². The molecule has 0 fully saturated rings. The lowest BCUT2D eigenvalue weighted by Gasteiger charge is -2.16. The highest BCUT2D eigenvalue weighted by molar-refractivity contribution is 5.67. The number of unbranched alkanes of at least 4 members (excludes halogenated alkanes) is 4. The van der Waals surface area contributed by atoms with Crippen LogP contribution in [0.1, 0.15) is 65.2 Å². The highest BCUT2D eigenvalue weighted by Crippen LogP contribution is 2.15. The van der Waals surface area contributed by atoms with Crippen LogP contribution in [0.25, 0.3) is 0 Å². The van der Waals surface area contributed by atoms with Crippen molar-refractivity contribution in [3.63, 3.8) is 0 Å². The van der Waals surface area contributed by atoms with Gasteiger partial charge in [0.05, 0.1) is 0 Å². The fraction of sp³-hybridized carbons (Fsp3) is 0.917. The molecule has 0 saturated carbocycles. The molecule has 0 aromatic carbocycles. The normalized spacial score (nSPS) is 12.7. The predicted octanol–water partition coefficient (Wildman–Crippen LogP) is 2.51. The smallest absolute Gasteiger partial charge is 0.0445 e. The van der Waals surface area contributed by atoms with Crippen LogP contribution >= 0.6 is 0 Å². The van der Waals surface area contributed by atoms with Crippen molar-refractivity contribution in [2.24, 2.45) is 5.92 Å². The Morgan fingerprint density at radius 1 is 1.00 bits per heavy atom. The van der Waals surface area contributed by atoms with Crippen LogP contribution in [0.15, 0.2) is 0 Å². The number of carbonyl (C=O) groups excluding carboxylic acids is 1. The van der Waals surface area contributed by atoms with E-state index < -0.39 is 5.97 Å². The van der Waals surface area contributed by atoms with Crippen LogP contribution in [0.4, 0.5) is 0 Å². The van der Waals surface area contributed by atoms with E-state index in [9.17, 15) is 9.90 Å². The summed E-state index contributed by atoms with van der Waals surface area (Å²) < 4.78 is 0. The van der Waals surface area contributed by atoms with Gasteiger partial charge in [0.1, 0.15) is 0 Å². The van der Waals surface area contributed by atoms with Crippen LogP contribution in [0.3, 0.4) is 0 Å². The zero-order valence-electron chi connectivity index (χ0n) is 9.55. The van der Waals surface area contributed by atoms with Crippen molar-refractivity contribution in [2.45, 2.75) is 65.2 Å². The average molecular weight is 199 g/mol. The molecule has 0 aromatic rings. The molecule has 0 aliphatic heterocycles. The van der Waals surface area contributed by atoms with Crippen molar-refractivity contribution >= 4 is 5.97 Å². The molecule has 0 N–H and O–H groups in total. The fourth-order valence-electron chi connectivity index (χ4n) is 1.72. The Hall–Kier alpha value is -0.530. The summed E-state index contributed by atoms with van der Waals surface area (Å²) in [6.07, 6.45) is 8.47. The monoisotopic (exact) mass is 199 g/mol. The van der Waals surface area contributed by atoms with Gasteiger partial charge in [0.2, 0.25) is 0 Å². The minimum atomic E-state index is -0.859. The summed E-state index contributed by atoms with van der Waals surface area (Å²) >= 11 is 0. The average Bonchev–Trinajstić information content (AvgIpc) is 2.15. The zero-order valence-corrected chi connectivity index (χ0v) is 9.55. The molecule has 0 radical (unpaired) electrons. The van der Waals surface area contributed by atoms with Gasteiger partial charge in [-0.25, -0.2) is 0 Å². The lowest BCUT2D eigenvalue weighted by atomic mass is 9.96. The maximum absolute atomic E-state index is 10.7. The Kier molecular flexibility index (Phi) is 8.70. The second-order valence-electron chi connectivity index (χ2n) is 4.01. The van der Waals surface area contributed by atoms with Gasteiger partial charge in [-0.2, -0.15) is 0 Å². The Morgan fingerprint density at radius 2 is 1.64 bits per heavy atom. The van der Waals surface area contributed by atoms with Gasteiger partial charge in [-0.15, -0.1) is 0 Å². The van der Waals surface area contributed by atoms with Gasteiger partial charge in [0.25, 0.3) is 0 Å². The third-order valence-electron chi connectivity index (χ3n) is 2.63. The largest absolute Gasteiger partial charge is 0.550 e. The van der Waals surface area contributed by atoms with Crippen LogP contribution in [0, 0.1) is 5.92 Å². The number of rotatable bonds is 9. The first-order valence-corrected chi connectivity index (χ1v) is 5.93. The molecule has 2 nitrogen and oxygen atoms in total. The zero-order chi connectivity index (χ0) is 10.8. The third kappa shape index (κ3) is 6.93. The Bertz CT molecular complexity index is 143. The molecule has 2 heteroatoms. The molecule has 84 valence electrons. The number of hydrogen-bond acceptors (Lipinski definition) is 2. The maximum Gasteiger partial charge on any atom is 0.0445 e. The summed E-state index contributed by atoms with van der Waals surface area (Å²) in [6.45, 7) is 4.20. The van der Waals surface area contributed by atoms with E-state index in [1.807, 2.05) is 6.92 Å². The van der Waals surface area contributed by atoms with Gasteiger partial charge >= 0.3 is 0 Å². The highest BCUT2D eigenvalue weighted by atomic mass is 16.4. The summed E-state index contributed by atoms with van der Waals surface area (Å²) in [5.41, 5.74) is 0. The molecule has 1 unspecified atom stereocenters. The first-order valence-electron chi connectivity index (χ1n) is 5.93. The number of aliphatic carboxylic acids is 1. The van der Waals surface area contributed by atoms with E-state index >= 15 is 0 Å². The minimum Gasteiger partial charge on any atom is -0.550 e. The second kappa shape index (κ2) is 9.04. The molecule has 0 rings (SSSR count). The van der Waals surface area contributed by atoms with E-state index in [2.05, 4.69) is 6.92 Å². The van der Waals surface area contributed by atoms with Crippen LogP contribution in [0.5, 0.6) is 0 Å². The Labute approximate surface area is 87.7 Å². The van der Waals surface area contributed by atoms with Crippen molar-refractivity contribution in [2.75, 3.05) is 0 Å². The molecule has 0 spiro atoms. The predicted molar refractivity (Wildman–Crippen MR) is 56.8 cm³/mol. The van der Waals surface area contributed by atoms with Crippen LogP contribution < -0.4 is 5.11 Å². The molecule has 0 bridgehead atoms. The summed E-state index contributed by atoms with van der Waals surface area (Å²) in [5.74, 6) is -1.07. The molecule has 0 aliphatic carbocycles. The summed E-state index contributed by atoms with van der Waals surface area (Å²) in [6, 6.07) is 0. The lowest BCUT2D eigenvalue weighted by molar-refractivity contribution is -0.312. The van der Waals surface area contributed by atoms with Crippen molar-refractivity contribution in [3.05, 3.63) is 0 Å². The Morgan fingerprint density at radius 3 is 2.14 bits per heavy atom. The van der Waals surface area contributed by atoms with Crippen molar-refractivity contribution < 1.29 is 9.90 Å². The van der Waals surface area contributed by atoms with Gasteiger partial charge in [0, 0.05) is 5.97 Å². The second-order valence-corrected chi connectivity index (χ2v) is 4.01. The molecular weight excluding hydrogens is 176 g/mol. The van der Waals surface area contributed by atoms with Crippen LogP contribution in [-0.4, -0.2) is 5.97 Å². The molecule has 0 heterocycles. The Balaban J connectivity index is 3.46. The summed E-state index contributed by atoms with van der Waals surface area (Å²) in [4.78, 5) is 10.7.